The minimum absolute atomic E-state index is 0.0763. The summed E-state index contributed by atoms with van der Waals surface area (Å²) in [5, 5.41) is 10.3. The van der Waals surface area contributed by atoms with E-state index in [9.17, 15) is 22.8 Å². The van der Waals surface area contributed by atoms with Crippen molar-refractivity contribution in [2.24, 2.45) is 0 Å². The molecule has 0 aliphatic heterocycles. The van der Waals surface area contributed by atoms with E-state index in [0.29, 0.717) is 6.92 Å². The van der Waals surface area contributed by atoms with Crippen LogP contribution < -0.4 is 10.1 Å². The van der Waals surface area contributed by atoms with Gasteiger partial charge in [-0.25, -0.2) is 4.79 Å². The average molecular weight is 305 g/mol. The molecule has 5 nitrogen and oxygen atoms in total. The first-order chi connectivity index (χ1) is 9.63. The zero-order valence-electron chi connectivity index (χ0n) is 11.3. The molecule has 0 fully saturated rings. The van der Waals surface area contributed by atoms with E-state index in [-0.39, 0.29) is 17.9 Å². The smallest absolute Gasteiger partial charge is 0.422 e. The fraction of sp³-hybridized carbons (Fsp3) is 0.385. The number of ether oxygens (including phenoxy) is 1. The van der Waals surface area contributed by atoms with E-state index < -0.39 is 23.6 Å². The van der Waals surface area contributed by atoms with Gasteiger partial charge in [-0.15, -0.1) is 0 Å². The summed E-state index contributed by atoms with van der Waals surface area (Å²) >= 11 is 0. The van der Waals surface area contributed by atoms with Crippen molar-refractivity contribution in [3.8, 4) is 5.75 Å². The van der Waals surface area contributed by atoms with Gasteiger partial charge in [-0.1, -0.05) is 12.1 Å². The molecule has 21 heavy (non-hydrogen) atoms. The highest BCUT2D eigenvalue weighted by Gasteiger charge is 2.58. The highest BCUT2D eigenvalue weighted by molar-refractivity contribution is 6.00. The number of amides is 1. The van der Waals surface area contributed by atoms with Crippen LogP contribution in [0.1, 0.15) is 24.2 Å². The van der Waals surface area contributed by atoms with Gasteiger partial charge in [0.15, 0.2) is 0 Å². The van der Waals surface area contributed by atoms with Gasteiger partial charge >= 0.3 is 12.1 Å². The number of alkyl halides is 3. The molecule has 2 N–H and O–H groups in total. The summed E-state index contributed by atoms with van der Waals surface area (Å²) in [7, 11) is 0. The number of carbonyl (C=O) groups excluding carboxylic acids is 1. The molecule has 1 aromatic rings. The van der Waals surface area contributed by atoms with Gasteiger partial charge in [0.25, 0.3) is 5.91 Å². The molecule has 0 aliphatic rings. The highest BCUT2D eigenvalue weighted by Crippen LogP contribution is 2.31. The topological polar surface area (TPSA) is 75.6 Å². The Kier molecular flexibility index (Phi) is 4.82. The molecule has 0 radical (unpaired) electrons. The average Bonchev–Trinajstić information content (AvgIpc) is 2.38. The predicted octanol–water partition coefficient (Wildman–Crippen LogP) is 2.22. The van der Waals surface area contributed by atoms with Crippen LogP contribution in [-0.4, -0.2) is 35.3 Å². The van der Waals surface area contributed by atoms with Gasteiger partial charge in [0, 0.05) is 0 Å². The first-order valence-corrected chi connectivity index (χ1v) is 5.98. The Bertz CT molecular complexity index is 544. The maximum Gasteiger partial charge on any atom is 0.422 e. The first kappa shape index (κ1) is 16.8. The second-order valence-electron chi connectivity index (χ2n) is 4.31. The van der Waals surface area contributed by atoms with Crippen molar-refractivity contribution in [3.05, 3.63) is 29.8 Å². The molecule has 0 saturated carbocycles. The lowest BCUT2D eigenvalue weighted by atomic mass is 10.0. The number of carboxylic acid groups (broad SMARTS) is 1. The SMILES string of the molecule is CCOc1ccccc1C(=O)NC(C)(C(=O)O)C(F)(F)F. The van der Waals surface area contributed by atoms with E-state index in [2.05, 4.69) is 0 Å². The molecule has 0 spiro atoms. The summed E-state index contributed by atoms with van der Waals surface area (Å²) in [4.78, 5) is 22.8. The Labute approximate surface area is 118 Å². The lowest BCUT2D eigenvalue weighted by Gasteiger charge is -2.28. The van der Waals surface area contributed by atoms with Crippen LogP contribution in [0.3, 0.4) is 0 Å². The van der Waals surface area contributed by atoms with E-state index in [1.807, 2.05) is 0 Å². The van der Waals surface area contributed by atoms with E-state index in [1.165, 1.54) is 23.5 Å². The van der Waals surface area contributed by atoms with Crippen molar-refractivity contribution in [2.75, 3.05) is 6.61 Å². The summed E-state index contributed by atoms with van der Waals surface area (Å²) in [6.45, 7) is 2.24. The molecule has 0 aromatic heterocycles. The first-order valence-electron chi connectivity index (χ1n) is 5.98. The van der Waals surface area contributed by atoms with Crippen molar-refractivity contribution in [2.45, 2.75) is 25.6 Å². The van der Waals surface area contributed by atoms with Crippen LogP contribution in [0, 0.1) is 0 Å². The second-order valence-corrected chi connectivity index (χ2v) is 4.31. The van der Waals surface area contributed by atoms with E-state index in [0.717, 1.165) is 0 Å². The van der Waals surface area contributed by atoms with Gasteiger partial charge in [-0.3, -0.25) is 4.79 Å². The van der Waals surface area contributed by atoms with Crippen LogP contribution in [0.4, 0.5) is 13.2 Å². The van der Waals surface area contributed by atoms with E-state index in [1.54, 1.807) is 13.0 Å². The Morgan fingerprint density at radius 1 is 1.29 bits per heavy atom. The number of nitrogens with one attached hydrogen (secondary N) is 1. The van der Waals surface area contributed by atoms with Gasteiger partial charge < -0.3 is 15.2 Å². The van der Waals surface area contributed by atoms with Crippen LogP contribution >= 0.6 is 0 Å². The molecular weight excluding hydrogens is 291 g/mol. The molecule has 1 unspecified atom stereocenters. The monoisotopic (exact) mass is 305 g/mol. The zero-order valence-corrected chi connectivity index (χ0v) is 11.3. The Hall–Kier alpha value is -2.25. The van der Waals surface area contributed by atoms with Gasteiger partial charge in [-0.2, -0.15) is 13.2 Å². The van der Waals surface area contributed by atoms with Crippen LogP contribution in [0.15, 0.2) is 24.3 Å². The minimum Gasteiger partial charge on any atom is -0.493 e. The van der Waals surface area contributed by atoms with Crippen molar-refractivity contribution in [1.29, 1.82) is 0 Å². The summed E-state index contributed by atoms with van der Waals surface area (Å²) in [5.74, 6) is -3.30. The molecule has 1 rings (SSSR count). The number of halogens is 3. The summed E-state index contributed by atoms with van der Waals surface area (Å²) < 4.78 is 43.7. The van der Waals surface area contributed by atoms with Crippen molar-refractivity contribution < 1.29 is 32.6 Å². The van der Waals surface area contributed by atoms with Crippen molar-refractivity contribution in [1.82, 2.24) is 5.32 Å². The number of carbonyl (C=O) groups is 2. The van der Waals surface area contributed by atoms with Crippen LogP contribution in [0.2, 0.25) is 0 Å². The van der Waals surface area contributed by atoms with Crippen LogP contribution in [0.5, 0.6) is 5.75 Å². The quantitative estimate of drug-likeness (QED) is 0.874. The second kappa shape index (κ2) is 6.02. The van der Waals surface area contributed by atoms with Gasteiger partial charge in [-0.05, 0) is 26.0 Å². The molecule has 0 saturated heterocycles. The Balaban J connectivity index is 3.13. The van der Waals surface area contributed by atoms with E-state index >= 15 is 0 Å². The third-order valence-corrected chi connectivity index (χ3v) is 2.79. The van der Waals surface area contributed by atoms with Crippen LogP contribution in [0.25, 0.3) is 0 Å². The number of hydrogen-bond acceptors (Lipinski definition) is 3. The maximum absolute atomic E-state index is 12.9. The zero-order chi connectivity index (χ0) is 16.3. The highest BCUT2D eigenvalue weighted by atomic mass is 19.4. The number of carboxylic acids is 1. The van der Waals surface area contributed by atoms with Crippen molar-refractivity contribution >= 4 is 11.9 Å². The van der Waals surface area contributed by atoms with Crippen molar-refractivity contribution in [3.63, 3.8) is 0 Å². The minimum atomic E-state index is -5.14. The summed E-state index contributed by atoms with van der Waals surface area (Å²) in [5.41, 5.74) is -3.56. The number of benzene rings is 1. The molecule has 0 bridgehead atoms. The number of aliphatic carboxylic acids is 1. The third-order valence-electron chi connectivity index (χ3n) is 2.79. The largest absolute Gasteiger partial charge is 0.493 e. The van der Waals surface area contributed by atoms with Crippen LogP contribution in [-0.2, 0) is 4.79 Å². The lowest BCUT2D eigenvalue weighted by molar-refractivity contribution is -0.203. The fourth-order valence-corrected chi connectivity index (χ4v) is 1.48. The Morgan fingerprint density at radius 2 is 1.86 bits per heavy atom. The fourth-order valence-electron chi connectivity index (χ4n) is 1.48. The normalized spacial score (nSPS) is 14.1. The molecule has 8 heteroatoms. The summed E-state index contributed by atoms with van der Waals surface area (Å²) in [6, 6.07) is 5.63. The molecule has 1 aromatic carbocycles. The predicted molar refractivity (Wildman–Crippen MR) is 67.2 cm³/mol. The molecule has 1 atom stereocenters. The standard InChI is InChI=1S/C13H14F3NO4/c1-3-21-9-7-5-4-6-8(9)10(18)17-12(2,11(19)20)13(14,15)16/h4-7H,3H2,1-2H3,(H,17,18)(H,19,20). The molecule has 0 aliphatic carbocycles. The van der Waals surface area contributed by atoms with Gasteiger partial charge in [0.1, 0.15) is 5.75 Å². The molecular formula is C13H14F3NO4. The molecule has 116 valence electrons. The summed E-state index contributed by atoms with van der Waals surface area (Å²) in [6.07, 6.45) is -5.14. The molecule has 1 amide bonds. The van der Waals surface area contributed by atoms with Gasteiger partial charge in [0.2, 0.25) is 5.54 Å². The number of hydrogen-bond donors (Lipinski definition) is 2. The van der Waals surface area contributed by atoms with E-state index in [4.69, 9.17) is 9.84 Å². The number of para-hydroxylation sites is 1. The maximum atomic E-state index is 12.9. The number of rotatable bonds is 5. The Morgan fingerprint density at radius 3 is 2.33 bits per heavy atom. The van der Waals surface area contributed by atoms with Gasteiger partial charge in [0.05, 0.1) is 12.2 Å². The molecule has 0 heterocycles. The lowest BCUT2D eigenvalue weighted by Crippen LogP contribution is -2.61. The third kappa shape index (κ3) is 3.45.